The fourth-order valence-corrected chi connectivity index (χ4v) is 4.29. The Labute approximate surface area is 101 Å². The summed E-state index contributed by atoms with van der Waals surface area (Å²) < 4.78 is 0. The van der Waals surface area contributed by atoms with Gasteiger partial charge in [-0.05, 0) is 59.4 Å². The van der Waals surface area contributed by atoms with Crippen LogP contribution in [0.4, 0.5) is 0 Å². The lowest BCUT2D eigenvalue weighted by molar-refractivity contribution is 0.437. The van der Waals surface area contributed by atoms with E-state index in [9.17, 15) is 0 Å². The van der Waals surface area contributed by atoms with Gasteiger partial charge in [0, 0.05) is 6.04 Å². The number of fused-ring (bicyclic) bond motifs is 1. The molecule has 3 heteroatoms. The summed E-state index contributed by atoms with van der Waals surface area (Å²) >= 11 is 1.78. The molecule has 2 aliphatic rings. The maximum Gasteiger partial charge on any atom is 0.0284 e. The Morgan fingerprint density at radius 1 is 1.38 bits per heavy atom. The van der Waals surface area contributed by atoms with E-state index >= 15 is 0 Å². The van der Waals surface area contributed by atoms with Crippen LogP contribution in [0.5, 0.6) is 0 Å². The van der Waals surface area contributed by atoms with Crippen molar-refractivity contribution in [3.8, 4) is 0 Å². The molecule has 88 valence electrons. The SMILES string of the molecule is NNC(Cc1ccsc1)C1C2CCCCC21. The van der Waals surface area contributed by atoms with Crippen LogP contribution in [0.15, 0.2) is 16.8 Å². The van der Waals surface area contributed by atoms with Crippen molar-refractivity contribution >= 4 is 11.3 Å². The van der Waals surface area contributed by atoms with Crippen LogP contribution in [0.25, 0.3) is 0 Å². The average molecular weight is 236 g/mol. The summed E-state index contributed by atoms with van der Waals surface area (Å²) in [6.45, 7) is 0. The molecule has 2 saturated carbocycles. The quantitative estimate of drug-likeness (QED) is 0.623. The van der Waals surface area contributed by atoms with Gasteiger partial charge in [-0.2, -0.15) is 11.3 Å². The van der Waals surface area contributed by atoms with Gasteiger partial charge in [-0.25, -0.2) is 0 Å². The molecule has 1 aromatic rings. The Morgan fingerprint density at radius 2 is 2.12 bits per heavy atom. The van der Waals surface area contributed by atoms with Gasteiger partial charge in [-0.3, -0.25) is 11.3 Å². The zero-order chi connectivity index (χ0) is 11.0. The smallest absolute Gasteiger partial charge is 0.0284 e. The van der Waals surface area contributed by atoms with Crippen molar-refractivity contribution in [3.63, 3.8) is 0 Å². The summed E-state index contributed by atoms with van der Waals surface area (Å²) in [6.07, 6.45) is 6.87. The molecule has 2 aliphatic carbocycles. The molecular weight excluding hydrogens is 216 g/mol. The van der Waals surface area contributed by atoms with Gasteiger partial charge in [0.15, 0.2) is 0 Å². The highest BCUT2D eigenvalue weighted by molar-refractivity contribution is 7.07. The Morgan fingerprint density at radius 3 is 2.69 bits per heavy atom. The summed E-state index contributed by atoms with van der Waals surface area (Å²) in [5.41, 5.74) is 4.50. The van der Waals surface area contributed by atoms with Crippen LogP contribution in [0, 0.1) is 17.8 Å². The van der Waals surface area contributed by atoms with Gasteiger partial charge in [-0.15, -0.1) is 0 Å². The van der Waals surface area contributed by atoms with E-state index in [1.54, 1.807) is 11.3 Å². The topological polar surface area (TPSA) is 38.0 Å². The molecule has 1 aromatic heterocycles. The maximum atomic E-state index is 5.74. The Balaban J connectivity index is 1.63. The van der Waals surface area contributed by atoms with Gasteiger partial charge in [0.2, 0.25) is 0 Å². The second-order valence-electron chi connectivity index (χ2n) is 5.30. The molecule has 0 spiro atoms. The van der Waals surface area contributed by atoms with E-state index in [4.69, 9.17) is 5.84 Å². The van der Waals surface area contributed by atoms with E-state index in [2.05, 4.69) is 22.3 Å². The van der Waals surface area contributed by atoms with E-state index < -0.39 is 0 Å². The van der Waals surface area contributed by atoms with Gasteiger partial charge >= 0.3 is 0 Å². The lowest BCUT2D eigenvalue weighted by Gasteiger charge is -2.15. The predicted octanol–water partition coefficient (Wildman–Crippen LogP) is 2.56. The zero-order valence-corrected chi connectivity index (χ0v) is 10.4. The second kappa shape index (κ2) is 4.47. The molecule has 1 heterocycles. The average Bonchev–Trinajstić information content (AvgIpc) is 2.81. The lowest BCUT2D eigenvalue weighted by atomic mass is 10.0. The Bertz CT molecular complexity index is 324. The van der Waals surface area contributed by atoms with Crippen molar-refractivity contribution in [2.75, 3.05) is 0 Å². The second-order valence-corrected chi connectivity index (χ2v) is 6.08. The minimum absolute atomic E-state index is 0.502. The number of nitrogens with two attached hydrogens (primary N) is 1. The van der Waals surface area contributed by atoms with Gasteiger partial charge in [0.25, 0.3) is 0 Å². The number of hydrogen-bond donors (Lipinski definition) is 2. The summed E-state index contributed by atoms with van der Waals surface area (Å²) in [4.78, 5) is 0. The molecule has 2 fully saturated rings. The fourth-order valence-electron chi connectivity index (χ4n) is 3.61. The maximum absolute atomic E-state index is 5.74. The third-order valence-electron chi connectivity index (χ3n) is 4.44. The summed E-state index contributed by atoms with van der Waals surface area (Å²) in [5.74, 6) is 8.55. The Hall–Kier alpha value is -0.380. The first-order chi connectivity index (χ1) is 7.90. The van der Waals surface area contributed by atoms with Crippen LogP contribution in [-0.2, 0) is 6.42 Å². The van der Waals surface area contributed by atoms with Crippen molar-refractivity contribution in [3.05, 3.63) is 22.4 Å². The highest BCUT2D eigenvalue weighted by Crippen LogP contribution is 2.57. The molecule has 0 amide bonds. The minimum atomic E-state index is 0.502. The van der Waals surface area contributed by atoms with Crippen LogP contribution >= 0.6 is 11.3 Å². The van der Waals surface area contributed by atoms with Crippen LogP contribution in [0.3, 0.4) is 0 Å². The largest absolute Gasteiger partial charge is 0.271 e. The number of nitrogens with one attached hydrogen (secondary N) is 1. The highest BCUT2D eigenvalue weighted by Gasteiger charge is 2.53. The minimum Gasteiger partial charge on any atom is -0.271 e. The summed E-state index contributed by atoms with van der Waals surface area (Å²) in [6, 6.07) is 2.73. The van der Waals surface area contributed by atoms with Crippen LogP contribution in [-0.4, -0.2) is 6.04 Å². The molecule has 0 bridgehead atoms. The van der Waals surface area contributed by atoms with E-state index in [-0.39, 0.29) is 0 Å². The van der Waals surface area contributed by atoms with Crippen molar-refractivity contribution < 1.29 is 0 Å². The number of rotatable bonds is 4. The molecule has 3 atom stereocenters. The number of thiophene rings is 1. The van der Waals surface area contributed by atoms with E-state index in [0.29, 0.717) is 6.04 Å². The first kappa shape index (κ1) is 10.8. The molecule has 3 rings (SSSR count). The van der Waals surface area contributed by atoms with E-state index in [1.165, 1.54) is 31.2 Å². The van der Waals surface area contributed by atoms with Crippen molar-refractivity contribution in [1.29, 1.82) is 0 Å². The molecule has 0 radical (unpaired) electrons. The monoisotopic (exact) mass is 236 g/mol. The molecule has 2 nitrogen and oxygen atoms in total. The van der Waals surface area contributed by atoms with E-state index in [0.717, 1.165) is 24.2 Å². The fraction of sp³-hybridized carbons (Fsp3) is 0.692. The van der Waals surface area contributed by atoms with Gasteiger partial charge in [0.1, 0.15) is 0 Å². The molecule has 3 N–H and O–H groups in total. The third-order valence-corrected chi connectivity index (χ3v) is 5.17. The summed E-state index contributed by atoms with van der Waals surface area (Å²) in [7, 11) is 0. The standard InChI is InChI=1S/C13H20N2S/c14-15-12(7-9-5-6-16-8-9)13-10-3-1-2-4-11(10)13/h5-6,8,10-13,15H,1-4,7,14H2. The summed E-state index contributed by atoms with van der Waals surface area (Å²) in [5, 5.41) is 4.40. The Kier molecular flexibility index (Phi) is 3.01. The van der Waals surface area contributed by atoms with E-state index in [1.807, 2.05) is 0 Å². The van der Waals surface area contributed by atoms with Crippen molar-refractivity contribution in [1.82, 2.24) is 5.43 Å². The van der Waals surface area contributed by atoms with Gasteiger partial charge < -0.3 is 0 Å². The molecule has 0 aliphatic heterocycles. The van der Waals surface area contributed by atoms with Gasteiger partial charge in [-0.1, -0.05) is 12.8 Å². The molecular formula is C13H20N2S. The molecule has 3 unspecified atom stereocenters. The normalized spacial score (nSPS) is 34.4. The highest BCUT2D eigenvalue weighted by atomic mass is 32.1. The zero-order valence-electron chi connectivity index (χ0n) is 9.56. The molecule has 0 aromatic carbocycles. The van der Waals surface area contributed by atoms with Crippen LogP contribution in [0.1, 0.15) is 31.2 Å². The van der Waals surface area contributed by atoms with Crippen molar-refractivity contribution in [2.24, 2.45) is 23.6 Å². The van der Waals surface area contributed by atoms with Crippen molar-refractivity contribution in [2.45, 2.75) is 38.1 Å². The van der Waals surface area contributed by atoms with Crippen LogP contribution in [0.2, 0.25) is 0 Å². The third kappa shape index (κ3) is 1.92. The first-order valence-electron chi connectivity index (χ1n) is 6.37. The van der Waals surface area contributed by atoms with Gasteiger partial charge in [0.05, 0.1) is 0 Å². The molecule has 0 saturated heterocycles. The molecule has 16 heavy (non-hydrogen) atoms. The van der Waals surface area contributed by atoms with Crippen LogP contribution < -0.4 is 11.3 Å². The number of hydrazine groups is 1. The predicted molar refractivity (Wildman–Crippen MR) is 68.1 cm³/mol. The number of hydrogen-bond acceptors (Lipinski definition) is 3. The lowest BCUT2D eigenvalue weighted by Crippen LogP contribution is -2.39. The first-order valence-corrected chi connectivity index (χ1v) is 7.31.